The SMILES string of the molecule is CC.NC[C@H]1CN(c2ccc(N3CCOCC3=O)cc2)C(=O)O1. The van der Waals surface area contributed by atoms with Crippen LogP contribution in [0.15, 0.2) is 24.3 Å². The Balaban J connectivity index is 0.000000924. The number of hydrogen-bond acceptors (Lipinski definition) is 5. The molecule has 0 unspecified atom stereocenters. The van der Waals surface area contributed by atoms with E-state index in [-0.39, 0.29) is 24.7 Å². The predicted octanol–water partition coefficient (Wildman–Crippen LogP) is 1.36. The molecule has 7 nitrogen and oxygen atoms in total. The topological polar surface area (TPSA) is 85.1 Å². The van der Waals surface area contributed by atoms with Gasteiger partial charge in [0, 0.05) is 24.5 Å². The van der Waals surface area contributed by atoms with E-state index in [1.807, 2.05) is 26.0 Å². The summed E-state index contributed by atoms with van der Waals surface area (Å²) in [5, 5.41) is 0. The minimum atomic E-state index is -0.388. The third-order valence-corrected chi connectivity index (χ3v) is 3.60. The van der Waals surface area contributed by atoms with E-state index in [4.69, 9.17) is 15.2 Å². The molecule has 0 spiro atoms. The average molecular weight is 321 g/mol. The van der Waals surface area contributed by atoms with Crippen molar-refractivity contribution in [3.8, 4) is 0 Å². The summed E-state index contributed by atoms with van der Waals surface area (Å²) in [5.41, 5.74) is 7.05. The van der Waals surface area contributed by atoms with E-state index in [2.05, 4.69) is 0 Å². The summed E-state index contributed by atoms with van der Waals surface area (Å²) < 4.78 is 10.2. The lowest BCUT2D eigenvalue weighted by molar-refractivity contribution is -0.125. The van der Waals surface area contributed by atoms with Crippen LogP contribution in [0.1, 0.15) is 13.8 Å². The molecule has 23 heavy (non-hydrogen) atoms. The van der Waals surface area contributed by atoms with Crippen molar-refractivity contribution in [2.75, 3.05) is 42.6 Å². The highest BCUT2D eigenvalue weighted by Crippen LogP contribution is 2.25. The molecule has 0 saturated carbocycles. The highest BCUT2D eigenvalue weighted by molar-refractivity contribution is 5.95. The van der Waals surface area contributed by atoms with Gasteiger partial charge >= 0.3 is 6.09 Å². The number of hydrogen-bond donors (Lipinski definition) is 1. The van der Waals surface area contributed by atoms with Crippen LogP contribution in [0.4, 0.5) is 16.2 Å². The maximum atomic E-state index is 11.8. The van der Waals surface area contributed by atoms with Crippen molar-refractivity contribution < 1.29 is 19.1 Å². The number of nitrogens with zero attached hydrogens (tertiary/aromatic N) is 2. The largest absolute Gasteiger partial charge is 0.443 e. The fourth-order valence-electron chi connectivity index (χ4n) is 2.46. The van der Waals surface area contributed by atoms with E-state index in [1.165, 1.54) is 0 Å². The Morgan fingerprint density at radius 3 is 2.26 bits per heavy atom. The predicted molar refractivity (Wildman–Crippen MR) is 87.6 cm³/mol. The summed E-state index contributed by atoms with van der Waals surface area (Å²) >= 11 is 0. The van der Waals surface area contributed by atoms with Crippen molar-refractivity contribution in [3.63, 3.8) is 0 Å². The molecule has 2 saturated heterocycles. The van der Waals surface area contributed by atoms with E-state index >= 15 is 0 Å². The zero-order valence-electron chi connectivity index (χ0n) is 13.5. The van der Waals surface area contributed by atoms with E-state index in [9.17, 15) is 9.59 Å². The second-order valence-corrected chi connectivity index (χ2v) is 4.97. The number of anilines is 2. The second-order valence-electron chi connectivity index (χ2n) is 4.97. The lowest BCUT2D eigenvalue weighted by Crippen LogP contribution is -2.41. The summed E-state index contributed by atoms with van der Waals surface area (Å²) in [5.74, 6) is -0.0576. The molecule has 2 N–H and O–H groups in total. The highest BCUT2D eigenvalue weighted by atomic mass is 16.6. The molecule has 0 radical (unpaired) electrons. The van der Waals surface area contributed by atoms with Crippen LogP contribution >= 0.6 is 0 Å². The van der Waals surface area contributed by atoms with Crippen LogP contribution in [-0.2, 0) is 14.3 Å². The first-order valence-corrected chi connectivity index (χ1v) is 7.85. The lowest BCUT2D eigenvalue weighted by Gasteiger charge is -2.27. The van der Waals surface area contributed by atoms with Crippen molar-refractivity contribution >= 4 is 23.4 Å². The van der Waals surface area contributed by atoms with Gasteiger partial charge in [0.25, 0.3) is 5.91 Å². The monoisotopic (exact) mass is 321 g/mol. The summed E-state index contributed by atoms with van der Waals surface area (Å²) in [6, 6.07) is 7.25. The zero-order chi connectivity index (χ0) is 16.8. The second kappa shape index (κ2) is 7.94. The minimum absolute atomic E-state index is 0.0576. The van der Waals surface area contributed by atoms with Gasteiger partial charge in [-0.3, -0.25) is 9.69 Å². The smallest absolute Gasteiger partial charge is 0.414 e. The van der Waals surface area contributed by atoms with Crippen LogP contribution < -0.4 is 15.5 Å². The van der Waals surface area contributed by atoms with Crippen LogP contribution in [-0.4, -0.2) is 51.0 Å². The van der Waals surface area contributed by atoms with Crippen LogP contribution in [0.25, 0.3) is 0 Å². The fraction of sp³-hybridized carbons (Fsp3) is 0.500. The summed E-state index contributed by atoms with van der Waals surface area (Å²) in [6.45, 7) is 5.94. The molecule has 3 rings (SSSR count). The molecule has 2 aliphatic rings. The average Bonchev–Trinajstić information content (AvgIpc) is 2.98. The maximum absolute atomic E-state index is 11.8. The van der Waals surface area contributed by atoms with Crippen LogP contribution in [0.3, 0.4) is 0 Å². The molecular weight excluding hydrogens is 298 g/mol. The number of rotatable bonds is 3. The first-order valence-electron chi connectivity index (χ1n) is 7.85. The Labute approximate surface area is 135 Å². The van der Waals surface area contributed by atoms with E-state index in [1.54, 1.807) is 21.9 Å². The van der Waals surface area contributed by atoms with E-state index in [0.717, 1.165) is 11.4 Å². The Morgan fingerprint density at radius 2 is 1.74 bits per heavy atom. The van der Waals surface area contributed by atoms with Gasteiger partial charge in [-0.15, -0.1) is 0 Å². The van der Waals surface area contributed by atoms with Crippen molar-refractivity contribution in [2.24, 2.45) is 5.73 Å². The number of nitrogens with two attached hydrogens (primary N) is 1. The standard InChI is InChI=1S/C14H17N3O4.C2H6/c15-7-12-8-17(14(19)21-12)11-3-1-10(2-4-11)16-5-6-20-9-13(16)18;1-2/h1-4,12H,5-9,15H2;1-2H3/t12-;/m0./s1. The first kappa shape index (κ1) is 17.2. The maximum Gasteiger partial charge on any atom is 0.414 e. The Morgan fingerprint density at radius 1 is 1.13 bits per heavy atom. The van der Waals surface area contributed by atoms with Gasteiger partial charge < -0.3 is 20.1 Å². The number of carbonyl (C=O) groups is 2. The number of benzene rings is 1. The fourth-order valence-corrected chi connectivity index (χ4v) is 2.46. The minimum Gasteiger partial charge on any atom is -0.443 e. The summed E-state index contributed by atoms with van der Waals surface area (Å²) in [7, 11) is 0. The molecule has 2 heterocycles. The number of ether oxygens (including phenoxy) is 2. The van der Waals surface area contributed by atoms with Crippen molar-refractivity contribution in [3.05, 3.63) is 24.3 Å². The van der Waals surface area contributed by atoms with Gasteiger partial charge in [-0.1, -0.05) is 13.8 Å². The Kier molecular flexibility index (Phi) is 5.95. The molecule has 7 heteroatoms. The summed E-state index contributed by atoms with van der Waals surface area (Å²) in [4.78, 5) is 26.7. The molecule has 0 aromatic heterocycles. The molecule has 2 fully saturated rings. The number of amides is 2. The third-order valence-electron chi connectivity index (χ3n) is 3.60. The van der Waals surface area contributed by atoms with E-state index < -0.39 is 0 Å². The van der Waals surface area contributed by atoms with Crippen molar-refractivity contribution in [1.29, 1.82) is 0 Å². The third kappa shape index (κ3) is 3.80. The quantitative estimate of drug-likeness (QED) is 0.908. The molecule has 126 valence electrons. The Hall–Kier alpha value is -2.12. The molecule has 1 aromatic carbocycles. The normalized spacial score (nSPS) is 20.9. The van der Waals surface area contributed by atoms with Crippen LogP contribution in [0.2, 0.25) is 0 Å². The number of morpholine rings is 1. The van der Waals surface area contributed by atoms with Crippen LogP contribution in [0, 0.1) is 0 Å². The first-order chi connectivity index (χ1) is 11.2. The van der Waals surface area contributed by atoms with Crippen LogP contribution in [0.5, 0.6) is 0 Å². The van der Waals surface area contributed by atoms with Gasteiger partial charge in [-0.2, -0.15) is 0 Å². The van der Waals surface area contributed by atoms with E-state index in [0.29, 0.717) is 26.2 Å². The lowest BCUT2D eigenvalue weighted by atomic mass is 10.2. The molecule has 1 atom stereocenters. The van der Waals surface area contributed by atoms with Gasteiger partial charge in [-0.05, 0) is 24.3 Å². The molecule has 1 aromatic rings. The van der Waals surface area contributed by atoms with Gasteiger partial charge in [-0.25, -0.2) is 4.79 Å². The summed E-state index contributed by atoms with van der Waals surface area (Å²) in [6.07, 6.45) is -0.654. The van der Waals surface area contributed by atoms with Gasteiger partial charge in [0.1, 0.15) is 12.7 Å². The highest BCUT2D eigenvalue weighted by Gasteiger charge is 2.31. The molecule has 0 aliphatic carbocycles. The van der Waals surface area contributed by atoms with Gasteiger partial charge in [0.05, 0.1) is 13.2 Å². The molecule has 2 aliphatic heterocycles. The van der Waals surface area contributed by atoms with Crippen molar-refractivity contribution in [1.82, 2.24) is 0 Å². The number of cyclic esters (lactones) is 1. The number of carbonyl (C=O) groups excluding carboxylic acids is 2. The molecule has 2 amide bonds. The Bertz CT molecular complexity index is 547. The molecular formula is C16H23N3O4. The zero-order valence-corrected chi connectivity index (χ0v) is 13.5. The molecule has 0 bridgehead atoms. The van der Waals surface area contributed by atoms with Crippen molar-refractivity contribution in [2.45, 2.75) is 20.0 Å². The van der Waals surface area contributed by atoms with Gasteiger partial charge in [0.15, 0.2) is 0 Å². The van der Waals surface area contributed by atoms with Gasteiger partial charge in [0.2, 0.25) is 0 Å².